The summed E-state index contributed by atoms with van der Waals surface area (Å²) < 4.78 is 4.64. The molecule has 4 unspecified atom stereocenters. The molecule has 1 aliphatic rings. The van der Waals surface area contributed by atoms with E-state index in [9.17, 15) is 4.79 Å². The van der Waals surface area contributed by atoms with E-state index in [1.807, 2.05) is 0 Å². The summed E-state index contributed by atoms with van der Waals surface area (Å²) in [4.78, 5) is 10.8. The number of cyclic esters (lactones) is 1. The smallest absolute Gasteiger partial charge is 0.335 e. The second-order valence-electron chi connectivity index (χ2n) is 2.96. The van der Waals surface area contributed by atoms with Crippen molar-refractivity contribution in [3.8, 4) is 0 Å². The maximum absolute atomic E-state index is 10.8. The van der Waals surface area contributed by atoms with E-state index in [1.54, 1.807) is 6.92 Å². The molecule has 0 aromatic carbocycles. The minimum Gasteiger partial charge on any atom is -0.457 e. The highest BCUT2D eigenvalue weighted by atomic mass is 16.6. The molecule has 0 aromatic heterocycles. The van der Waals surface area contributed by atoms with Crippen molar-refractivity contribution in [1.29, 1.82) is 0 Å². The molecule has 1 aliphatic heterocycles. The lowest BCUT2D eigenvalue weighted by atomic mass is 9.97. The van der Waals surface area contributed by atoms with Crippen LogP contribution in [0.15, 0.2) is 0 Å². The third kappa shape index (κ3) is 1.43. The van der Waals surface area contributed by atoms with Gasteiger partial charge in [0.2, 0.25) is 0 Å². The van der Waals surface area contributed by atoms with Crippen LogP contribution in [0.1, 0.15) is 6.92 Å². The van der Waals surface area contributed by atoms with Gasteiger partial charge in [-0.05, 0) is 0 Å². The van der Waals surface area contributed by atoms with Crippen molar-refractivity contribution in [3.05, 3.63) is 0 Å². The maximum Gasteiger partial charge on any atom is 0.335 e. The van der Waals surface area contributed by atoms with Gasteiger partial charge in [0, 0.05) is 5.92 Å². The second-order valence-corrected chi connectivity index (χ2v) is 2.96. The first-order valence-electron chi connectivity index (χ1n) is 3.75. The van der Waals surface area contributed by atoms with Gasteiger partial charge in [-0.2, -0.15) is 0 Å². The van der Waals surface area contributed by atoms with Crippen molar-refractivity contribution in [2.45, 2.75) is 25.2 Å². The Morgan fingerprint density at radius 2 is 2.25 bits per heavy atom. The summed E-state index contributed by atoms with van der Waals surface area (Å²) in [6.45, 7) is 1.11. The zero-order chi connectivity index (χ0) is 9.30. The molecular weight excluding hydrogens is 164 g/mol. The number of rotatable bonds is 2. The minimum atomic E-state index is -1.18. The monoisotopic (exact) mass is 176 g/mol. The SMILES string of the molecule is CC1C(O)C(=O)OC1C(O)CO. The number of ether oxygens (including phenoxy) is 1. The van der Waals surface area contributed by atoms with Crippen LogP contribution in [0.5, 0.6) is 0 Å². The molecule has 0 bridgehead atoms. The van der Waals surface area contributed by atoms with Gasteiger partial charge in [-0.15, -0.1) is 0 Å². The molecule has 1 fully saturated rings. The Bertz CT molecular complexity index is 181. The zero-order valence-electron chi connectivity index (χ0n) is 6.67. The van der Waals surface area contributed by atoms with Gasteiger partial charge in [0.15, 0.2) is 6.10 Å². The average molecular weight is 176 g/mol. The summed E-state index contributed by atoms with van der Waals surface area (Å²) in [5.74, 6) is -1.21. The standard InChI is InChI=1S/C7H12O5/c1-3-5(10)7(11)12-6(3)4(9)2-8/h3-6,8-10H,2H2,1H3. The number of hydrogen-bond acceptors (Lipinski definition) is 5. The number of aliphatic hydroxyl groups excluding tert-OH is 3. The van der Waals surface area contributed by atoms with Gasteiger partial charge in [0.25, 0.3) is 0 Å². The topological polar surface area (TPSA) is 87.0 Å². The number of hydrogen-bond donors (Lipinski definition) is 3. The van der Waals surface area contributed by atoms with E-state index in [-0.39, 0.29) is 0 Å². The molecule has 1 saturated heterocycles. The fourth-order valence-electron chi connectivity index (χ4n) is 1.24. The third-order valence-corrected chi connectivity index (χ3v) is 2.08. The van der Waals surface area contributed by atoms with Crippen molar-refractivity contribution in [3.63, 3.8) is 0 Å². The van der Waals surface area contributed by atoms with Gasteiger partial charge in [0.1, 0.15) is 12.2 Å². The van der Waals surface area contributed by atoms with Gasteiger partial charge < -0.3 is 20.1 Å². The molecule has 0 spiro atoms. The Balaban J connectivity index is 2.64. The Hall–Kier alpha value is -0.650. The van der Waals surface area contributed by atoms with Gasteiger partial charge in [-0.1, -0.05) is 6.92 Å². The molecule has 5 heteroatoms. The molecule has 3 N–H and O–H groups in total. The Morgan fingerprint density at radius 1 is 1.67 bits per heavy atom. The molecule has 0 saturated carbocycles. The first-order valence-corrected chi connectivity index (χ1v) is 3.75. The van der Waals surface area contributed by atoms with E-state index < -0.39 is 36.8 Å². The predicted molar refractivity (Wildman–Crippen MR) is 38.1 cm³/mol. The predicted octanol–water partition coefficient (Wildman–Crippen LogP) is -1.74. The molecular formula is C7H12O5. The average Bonchev–Trinajstić information content (AvgIpc) is 2.32. The van der Waals surface area contributed by atoms with Gasteiger partial charge in [-0.3, -0.25) is 0 Å². The lowest BCUT2D eigenvalue weighted by Gasteiger charge is -2.18. The van der Waals surface area contributed by atoms with Crippen LogP contribution in [0.4, 0.5) is 0 Å². The van der Waals surface area contributed by atoms with Crippen LogP contribution >= 0.6 is 0 Å². The Labute approximate surface area is 69.6 Å². The molecule has 1 heterocycles. The Kier molecular flexibility index (Phi) is 2.66. The molecule has 0 amide bonds. The normalized spacial score (nSPS) is 38.0. The van der Waals surface area contributed by atoms with Crippen molar-refractivity contribution >= 4 is 5.97 Å². The first kappa shape index (κ1) is 9.44. The zero-order valence-corrected chi connectivity index (χ0v) is 6.67. The summed E-state index contributed by atoms with van der Waals surface area (Å²) in [5.41, 5.74) is 0. The van der Waals surface area contributed by atoms with E-state index in [4.69, 9.17) is 15.3 Å². The Morgan fingerprint density at radius 3 is 2.58 bits per heavy atom. The van der Waals surface area contributed by atoms with Gasteiger partial charge in [0.05, 0.1) is 6.61 Å². The molecule has 0 aromatic rings. The largest absolute Gasteiger partial charge is 0.457 e. The van der Waals surface area contributed by atoms with Gasteiger partial charge >= 0.3 is 5.97 Å². The molecule has 12 heavy (non-hydrogen) atoms. The van der Waals surface area contributed by atoms with Crippen LogP contribution in [0.3, 0.4) is 0 Å². The van der Waals surface area contributed by atoms with E-state index in [1.165, 1.54) is 0 Å². The summed E-state index contributed by atoms with van der Waals surface area (Å²) in [6, 6.07) is 0. The van der Waals surface area contributed by atoms with Crippen molar-refractivity contribution in [2.75, 3.05) is 6.61 Å². The van der Waals surface area contributed by atoms with E-state index >= 15 is 0 Å². The number of aliphatic hydroxyl groups is 3. The van der Waals surface area contributed by atoms with Crippen LogP contribution in [0.25, 0.3) is 0 Å². The molecule has 1 rings (SSSR count). The van der Waals surface area contributed by atoms with Crippen molar-refractivity contribution < 1.29 is 24.9 Å². The molecule has 5 nitrogen and oxygen atoms in total. The minimum absolute atomic E-state index is 0.473. The number of esters is 1. The highest BCUT2D eigenvalue weighted by molar-refractivity contribution is 5.77. The fraction of sp³-hybridized carbons (Fsp3) is 0.857. The highest BCUT2D eigenvalue weighted by Crippen LogP contribution is 2.24. The second kappa shape index (κ2) is 3.38. The van der Waals surface area contributed by atoms with Crippen LogP contribution in [-0.4, -0.2) is 46.2 Å². The summed E-state index contributed by atoms with van der Waals surface area (Å²) in [6.07, 6.45) is -3.09. The van der Waals surface area contributed by atoms with Crippen LogP contribution in [-0.2, 0) is 9.53 Å². The summed E-state index contributed by atoms with van der Waals surface area (Å²) >= 11 is 0. The molecule has 0 aliphatic carbocycles. The van der Waals surface area contributed by atoms with Crippen LogP contribution in [0, 0.1) is 5.92 Å². The highest BCUT2D eigenvalue weighted by Gasteiger charge is 2.43. The summed E-state index contributed by atoms with van der Waals surface area (Å²) in [5, 5.41) is 26.8. The number of carbonyl (C=O) groups excluding carboxylic acids is 1. The van der Waals surface area contributed by atoms with E-state index in [2.05, 4.69) is 4.74 Å². The summed E-state index contributed by atoms with van der Waals surface area (Å²) in [7, 11) is 0. The number of carbonyl (C=O) groups is 1. The van der Waals surface area contributed by atoms with Crippen LogP contribution in [0.2, 0.25) is 0 Å². The quantitative estimate of drug-likeness (QED) is 0.435. The fourth-order valence-corrected chi connectivity index (χ4v) is 1.24. The lowest BCUT2D eigenvalue weighted by molar-refractivity contribution is -0.151. The van der Waals surface area contributed by atoms with Crippen molar-refractivity contribution in [1.82, 2.24) is 0 Å². The molecule has 70 valence electrons. The maximum atomic E-state index is 10.8. The first-order chi connectivity index (χ1) is 5.57. The lowest BCUT2D eigenvalue weighted by Crippen LogP contribution is -2.34. The van der Waals surface area contributed by atoms with E-state index in [0.717, 1.165) is 0 Å². The van der Waals surface area contributed by atoms with Gasteiger partial charge in [-0.25, -0.2) is 4.79 Å². The van der Waals surface area contributed by atoms with E-state index in [0.29, 0.717) is 0 Å². The van der Waals surface area contributed by atoms with Crippen LogP contribution < -0.4 is 0 Å². The third-order valence-electron chi connectivity index (χ3n) is 2.08. The molecule has 0 radical (unpaired) electrons. The molecule has 4 atom stereocenters. The van der Waals surface area contributed by atoms with Crippen molar-refractivity contribution in [2.24, 2.45) is 5.92 Å².